The number of hydrogen-bond donors (Lipinski definition) is 0. The Morgan fingerprint density at radius 1 is 0.938 bits per heavy atom. The van der Waals surface area contributed by atoms with Gasteiger partial charge in [-0.05, 0) is 47.8 Å². The lowest BCUT2D eigenvalue weighted by molar-refractivity contribution is 0.0672. The van der Waals surface area contributed by atoms with Gasteiger partial charge in [0.05, 0.1) is 0 Å². The average molecular weight is 222 g/mol. The fraction of sp³-hybridized carbons (Fsp3) is 1.00. The summed E-state index contributed by atoms with van der Waals surface area (Å²) in [5.41, 5.74) is 0.583. The summed E-state index contributed by atoms with van der Waals surface area (Å²) in [6, 6.07) is 0. The van der Waals surface area contributed by atoms with Crippen LogP contribution >= 0.6 is 0 Å². The van der Waals surface area contributed by atoms with E-state index in [0.717, 1.165) is 29.6 Å². The molecule has 0 aliphatic heterocycles. The van der Waals surface area contributed by atoms with Gasteiger partial charge in [-0.25, -0.2) is 0 Å². The van der Waals surface area contributed by atoms with Crippen LogP contribution < -0.4 is 0 Å². The molecule has 0 radical (unpaired) electrons. The zero-order chi connectivity index (χ0) is 11.9. The maximum Gasteiger partial charge on any atom is -0.0292 e. The molecule has 0 heterocycles. The lowest BCUT2D eigenvalue weighted by atomic mass is 9.63. The number of hydrogen-bond acceptors (Lipinski definition) is 0. The Kier molecular flexibility index (Phi) is 3.39. The minimum absolute atomic E-state index is 0.583. The molecule has 2 rings (SSSR count). The quantitative estimate of drug-likeness (QED) is 0.577. The average Bonchev–Trinajstić information content (AvgIpc) is 2.53. The second kappa shape index (κ2) is 4.35. The predicted molar refractivity (Wildman–Crippen MR) is 71.3 cm³/mol. The van der Waals surface area contributed by atoms with E-state index in [-0.39, 0.29) is 0 Å². The van der Waals surface area contributed by atoms with Gasteiger partial charge in [-0.1, -0.05) is 53.9 Å². The molecule has 2 saturated carbocycles. The smallest absolute Gasteiger partial charge is 0.0292 e. The van der Waals surface area contributed by atoms with Crippen molar-refractivity contribution in [1.29, 1.82) is 0 Å². The van der Waals surface area contributed by atoms with E-state index in [1.54, 1.807) is 0 Å². The minimum Gasteiger partial charge on any atom is -0.0651 e. The molecule has 0 saturated heterocycles. The third-order valence-corrected chi connectivity index (χ3v) is 6.17. The van der Waals surface area contributed by atoms with Gasteiger partial charge in [0, 0.05) is 0 Å². The standard InChI is InChI=1S/C16H30/c1-6-14-12(3)7-9-13-11(2)8-10-15(13)16(14,4)5/h11-15H,6-10H2,1-5H3/t11-,12-,13?,14+,15-/m1/s1. The van der Waals surface area contributed by atoms with Crippen LogP contribution in [-0.4, -0.2) is 0 Å². The van der Waals surface area contributed by atoms with Crippen LogP contribution in [0.3, 0.4) is 0 Å². The number of rotatable bonds is 1. The monoisotopic (exact) mass is 222 g/mol. The third kappa shape index (κ3) is 1.83. The minimum atomic E-state index is 0.583. The Morgan fingerprint density at radius 2 is 1.56 bits per heavy atom. The maximum atomic E-state index is 2.57. The molecule has 1 unspecified atom stereocenters. The molecule has 0 aromatic carbocycles. The van der Waals surface area contributed by atoms with Gasteiger partial charge in [-0.3, -0.25) is 0 Å². The molecule has 94 valence electrons. The highest BCUT2D eigenvalue weighted by molar-refractivity contribution is 4.97. The van der Waals surface area contributed by atoms with Crippen molar-refractivity contribution < 1.29 is 0 Å². The summed E-state index contributed by atoms with van der Waals surface area (Å²) in [5, 5.41) is 0. The normalized spacial score (nSPS) is 47.4. The molecule has 0 nitrogen and oxygen atoms in total. The second-order valence-electron chi connectivity index (χ2n) is 7.22. The van der Waals surface area contributed by atoms with Crippen molar-refractivity contribution in [2.24, 2.45) is 35.0 Å². The van der Waals surface area contributed by atoms with Crippen molar-refractivity contribution in [1.82, 2.24) is 0 Å². The van der Waals surface area contributed by atoms with Crippen molar-refractivity contribution in [3.63, 3.8) is 0 Å². The van der Waals surface area contributed by atoms with Crippen LogP contribution in [0, 0.1) is 35.0 Å². The molecule has 0 aromatic heterocycles. The van der Waals surface area contributed by atoms with Gasteiger partial charge in [-0.15, -0.1) is 0 Å². The van der Waals surface area contributed by atoms with E-state index in [1.165, 1.54) is 32.1 Å². The summed E-state index contributed by atoms with van der Waals surface area (Å²) in [6.07, 6.45) is 7.36. The third-order valence-electron chi connectivity index (χ3n) is 6.17. The first-order chi connectivity index (χ1) is 7.48. The molecule has 0 spiro atoms. The van der Waals surface area contributed by atoms with Crippen LogP contribution in [0.1, 0.15) is 66.7 Å². The molecule has 0 N–H and O–H groups in total. The number of fused-ring (bicyclic) bond motifs is 1. The molecular formula is C16H30. The molecule has 2 aliphatic carbocycles. The van der Waals surface area contributed by atoms with E-state index in [1.807, 2.05) is 0 Å². The van der Waals surface area contributed by atoms with Gasteiger partial charge < -0.3 is 0 Å². The van der Waals surface area contributed by atoms with Gasteiger partial charge in [-0.2, -0.15) is 0 Å². The van der Waals surface area contributed by atoms with E-state index in [9.17, 15) is 0 Å². The van der Waals surface area contributed by atoms with E-state index >= 15 is 0 Å². The maximum absolute atomic E-state index is 2.57. The molecule has 2 fully saturated rings. The van der Waals surface area contributed by atoms with Crippen LogP contribution in [0.25, 0.3) is 0 Å². The van der Waals surface area contributed by atoms with Gasteiger partial charge in [0.15, 0.2) is 0 Å². The summed E-state index contributed by atoms with van der Waals surface area (Å²) < 4.78 is 0. The first-order valence-corrected chi connectivity index (χ1v) is 7.48. The van der Waals surface area contributed by atoms with Crippen LogP contribution in [0.4, 0.5) is 0 Å². The van der Waals surface area contributed by atoms with Crippen LogP contribution in [-0.2, 0) is 0 Å². The molecule has 16 heavy (non-hydrogen) atoms. The van der Waals surface area contributed by atoms with Crippen molar-refractivity contribution in [3.05, 3.63) is 0 Å². The van der Waals surface area contributed by atoms with Crippen LogP contribution in [0.15, 0.2) is 0 Å². The van der Waals surface area contributed by atoms with E-state index in [4.69, 9.17) is 0 Å². The van der Waals surface area contributed by atoms with Crippen molar-refractivity contribution in [2.45, 2.75) is 66.7 Å². The fourth-order valence-corrected chi connectivity index (χ4v) is 5.27. The highest BCUT2D eigenvalue weighted by Crippen LogP contribution is 2.56. The molecule has 0 bridgehead atoms. The SMILES string of the molecule is CC[C@H]1[C@H](C)CCC2[C@H](C)CC[C@H]2C1(C)C. The first-order valence-electron chi connectivity index (χ1n) is 7.48. The molecule has 2 aliphatic rings. The molecule has 5 atom stereocenters. The molecular weight excluding hydrogens is 192 g/mol. The zero-order valence-electron chi connectivity index (χ0n) is 11.9. The lowest BCUT2D eigenvalue weighted by Gasteiger charge is -2.42. The molecule has 0 amide bonds. The largest absolute Gasteiger partial charge is 0.0651 e. The molecule has 0 heteroatoms. The van der Waals surface area contributed by atoms with Crippen molar-refractivity contribution in [2.75, 3.05) is 0 Å². The Morgan fingerprint density at radius 3 is 2.19 bits per heavy atom. The fourth-order valence-electron chi connectivity index (χ4n) is 5.27. The second-order valence-corrected chi connectivity index (χ2v) is 7.22. The summed E-state index contributed by atoms with van der Waals surface area (Å²) >= 11 is 0. The zero-order valence-corrected chi connectivity index (χ0v) is 11.9. The Hall–Kier alpha value is 0. The van der Waals surface area contributed by atoms with Gasteiger partial charge in [0.2, 0.25) is 0 Å². The first kappa shape index (κ1) is 12.5. The van der Waals surface area contributed by atoms with Gasteiger partial charge in [0.25, 0.3) is 0 Å². The predicted octanol–water partition coefficient (Wildman–Crippen LogP) is 5.13. The van der Waals surface area contributed by atoms with E-state index < -0.39 is 0 Å². The van der Waals surface area contributed by atoms with E-state index in [2.05, 4.69) is 34.6 Å². The van der Waals surface area contributed by atoms with Crippen molar-refractivity contribution in [3.8, 4) is 0 Å². The lowest BCUT2D eigenvalue weighted by Crippen LogP contribution is -2.35. The summed E-state index contributed by atoms with van der Waals surface area (Å²) in [4.78, 5) is 0. The highest BCUT2D eigenvalue weighted by Gasteiger charge is 2.48. The van der Waals surface area contributed by atoms with E-state index in [0.29, 0.717) is 5.41 Å². The molecule has 0 aromatic rings. The summed E-state index contributed by atoms with van der Waals surface area (Å²) in [6.45, 7) is 12.5. The highest BCUT2D eigenvalue weighted by atomic mass is 14.5. The van der Waals surface area contributed by atoms with Crippen LogP contribution in [0.5, 0.6) is 0 Å². The van der Waals surface area contributed by atoms with Crippen LogP contribution in [0.2, 0.25) is 0 Å². The summed E-state index contributed by atoms with van der Waals surface area (Å²) in [7, 11) is 0. The Labute approximate surface area is 102 Å². The van der Waals surface area contributed by atoms with Crippen molar-refractivity contribution >= 4 is 0 Å². The Balaban J connectivity index is 2.27. The van der Waals surface area contributed by atoms with Gasteiger partial charge >= 0.3 is 0 Å². The Bertz CT molecular complexity index is 240. The summed E-state index contributed by atoms with van der Waals surface area (Å²) in [5.74, 6) is 4.93. The van der Waals surface area contributed by atoms with Gasteiger partial charge in [0.1, 0.15) is 0 Å². The topological polar surface area (TPSA) is 0 Å².